The maximum Gasteiger partial charge on any atom is 0.370 e. The third-order valence-corrected chi connectivity index (χ3v) is 7.59. The highest BCUT2D eigenvalue weighted by atomic mass is 16.4. The topological polar surface area (TPSA) is 115 Å². The van der Waals surface area contributed by atoms with Crippen LogP contribution in [0.2, 0.25) is 0 Å². The highest BCUT2D eigenvalue weighted by Gasteiger charge is 2.02. The van der Waals surface area contributed by atoms with Gasteiger partial charge in [0.1, 0.15) is 0 Å². The molecule has 0 fully saturated rings. The first-order chi connectivity index (χ1) is 20.3. The Morgan fingerprint density at radius 2 is 0.976 bits per heavy atom. The van der Waals surface area contributed by atoms with Crippen molar-refractivity contribution in [1.29, 1.82) is 0 Å². The number of aliphatic hydroxyl groups is 2. The van der Waals surface area contributed by atoms with Gasteiger partial charge in [0.25, 0.3) is 0 Å². The number of carboxylic acids is 2. The summed E-state index contributed by atoms with van der Waals surface area (Å²) in [6, 6.07) is 0. The largest absolute Gasteiger partial charge is 0.502 e. The number of hydrogen-bond donors (Lipinski definition) is 4. The first kappa shape index (κ1) is 42.3. The molecule has 0 saturated heterocycles. The van der Waals surface area contributed by atoms with Crippen LogP contribution in [-0.4, -0.2) is 38.5 Å². The lowest BCUT2D eigenvalue weighted by atomic mass is 10.0. The van der Waals surface area contributed by atoms with E-state index < -0.39 is 17.7 Å². The lowest BCUT2D eigenvalue weighted by molar-refractivity contribution is -0.137. The summed E-state index contributed by atoms with van der Waals surface area (Å²) in [5, 5.41) is 35.7. The van der Waals surface area contributed by atoms with E-state index in [0.29, 0.717) is 12.8 Å². The van der Waals surface area contributed by atoms with E-state index in [4.69, 9.17) is 15.3 Å². The maximum absolute atomic E-state index is 10.3. The molecular weight excluding hydrogens is 528 g/mol. The zero-order valence-electron chi connectivity index (χ0n) is 27.5. The van der Waals surface area contributed by atoms with Crippen molar-refractivity contribution in [2.45, 2.75) is 193 Å². The van der Waals surface area contributed by atoms with Gasteiger partial charge in [-0.3, -0.25) is 4.79 Å². The second-order valence-corrected chi connectivity index (χ2v) is 11.8. The van der Waals surface area contributed by atoms with Crippen molar-refractivity contribution in [2.24, 2.45) is 0 Å². The molecule has 248 valence electrons. The lowest BCUT2D eigenvalue weighted by Crippen LogP contribution is -2.04. The van der Waals surface area contributed by atoms with E-state index in [1.165, 1.54) is 102 Å². The molecule has 1 unspecified atom stereocenters. The fourth-order valence-electron chi connectivity index (χ4n) is 4.85. The summed E-state index contributed by atoms with van der Waals surface area (Å²) in [6.07, 6.45) is 36.4. The van der Waals surface area contributed by atoms with E-state index >= 15 is 0 Å². The number of carbonyl (C=O) groups is 2. The van der Waals surface area contributed by atoms with Crippen molar-refractivity contribution in [3.63, 3.8) is 0 Å². The Morgan fingerprint density at radius 3 is 1.45 bits per heavy atom. The molecule has 0 rings (SSSR count). The zero-order valence-corrected chi connectivity index (χ0v) is 27.5. The standard InChI is InChI=1S/2C18H34O3/c1-2-3-4-11-14-17(19)15-12-9-7-5-6-8-10-13-16-18(20)21;1-2-3-4-5-6-7-8-9-10-11-12-13-14-15-16-17(19)18(20)21/h9,12,17,19H,2-8,10-11,13-16H2,1H3,(H,20,21);16,19H,2-15H2,1H3,(H,20,21). The smallest absolute Gasteiger partial charge is 0.370 e. The maximum atomic E-state index is 10.3. The molecule has 0 aromatic carbocycles. The molecule has 0 radical (unpaired) electrons. The molecule has 0 bridgehead atoms. The van der Waals surface area contributed by atoms with E-state index in [9.17, 15) is 14.7 Å². The summed E-state index contributed by atoms with van der Waals surface area (Å²) < 4.78 is 0. The predicted molar refractivity (Wildman–Crippen MR) is 177 cm³/mol. The van der Waals surface area contributed by atoms with Crippen molar-refractivity contribution >= 4 is 11.9 Å². The molecule has 1 atom stereocenters. The molecule has 0 aliphatic heterocycles. The second-order valence-electron chi connectivity index (χ2n) is 11.8. The predicted octanol–water partition coefficient (Wildman–Crippen LogP) is 11.1. The molecule has 0 amide bonds. The van der Waals surface area contributed by atoms with Crippen molar-refractivity contribution in [1.82, 2.24) is 0 Å². The van der Waals surface area contributed by atoms with Crippen LogP contribution in [0, 0.1) is 0 Å². The fourth-order valence-corrected chi connectivity index (χ4v) is 4.85. The molecule has 0 saturated carbocycles. The van der Waals surface area contributed by atoms with E-state index in [-0.39, 0.29) is 6.10 Å². The van der Waals surface area contributed by atoms with Crippen LogP contribution in [-0.2, 0) is 9.59 Å². The van der Waals surface area contributed by atoms with Gasteiger partial charge in [0.05, 0.1) is 6.10 Å². The summed E-state index contributed by atoms with van der Waals surface area (Å²) >= 11 is 0. The highest BCUT2D eigenvalue weighted by Crippen LogP contribution is 2.14. The van der Waals surface area contributed by atoms with Gasteiger partial charge in [-0.15, -0.1) is 0 Å². The number of unbranched alkanes of at least 4 members (excludes halogenated alkanes) is 21. The van der Waals surface area contributed by atoms with Crippen LogP contribution < -0.4 is 0 Å². The molecule has 6 heteroatoms. The normalized spacial score (nSPS) is 12.3. The van der Waals surface area contributed by atoms with E-state index in [0.717, 1.165) is 64.2 Å². The van der Waals surface area contributed by atoms with E-state index in [2.05, 4.69) is 26.0 Å². The van der Waals surface area contributed by atoms with Gasteiger partial charge in [-0.05, 0) is 51.0 Å². The van der Waals surface area contributed by atoms with Gasteiger partial charge in [-0.1, -0.05) is 148 Å². The minimum Gasteiger partial charge on any atom is -0.502 e. The number of allylic oxidation sites excluding steroid dienone is 2. The van der Waals surface area contributed by atoms with E-state index in [1.54, 1.807) is 0 Å². The third-order valence-electron chi connectivity index (χ3n) is 7.59. The molecule has 42 heavy (non-hydrogen) atoms. The summed E-state index contributed by atoms with van der Waals surface area (Å²) in [5.41, 5.74) is 0. The Labute approximate surface area is 259 Å². The van der Waals surface area contributed by atoms with Gasteiger partial charge >= 0.3 is 11.9 Å². The van der Waals surface area contributed by atoms with Crippen molar-refractivity contribution in [2.75, 3.05) is 0 Å². The minimum absolute atomic E-state index is 0.172. The van der Waals surface area contributed by atoms with Crippen LogP contribution in [0.15, 0.2) is 24.0 Å². The summed E-state index contributed by atoms with van der Waals surface area (Å²) in [5.74, 6) is -2.44. The minimum atomic E-state index is -1.23. The molecule has 0 aliphatic carbocycles. The fraction of sp³-hybridized carbons (Fsp3) is 0.833. The average Bonchev–Trinajstić information content (AvgIpc) is 2.96. The highest BCUT2D eigenvalue weighted by molar-refractivity contribution is 5.83. The molecule has 0 aromatic heterocycles. The van der Waals surface area contributed by atoms with Gasteiger partial charge in [-0.25, -0.2) is 4.79 Å². The first-order valence-electron chi connectivity index (χ1n) is 17.5. The molecule has 0 aromatic rings. The molecular formula is C36H68O6. The van der Waals surface area contributed by atoms with Crippen molar-refractivity contribution < 1.29 is 30.0 Å². The Balaban J connectivity index is 0. The summed E-state index contributed by atoms with van der Waals surface area (Å²) in [7, 11) is 0. The first-order valence-corrected chi connectivity index (χ1v) is 17.5. The number of hydrogen-bond acceptors (Lipinski definition) is 4. The zero-order chi connectivity index (χ0) is 31.5. The molecule has 4 N–H and O–H groups in total. The SMILES string of the molecule is CCCCCCC(O)CC=CCCCCCCCC(=O)O.CCCCCCCCCCCCCCCC=C(O)C(=O)O. The molecule has 0 heterocycles. The number of rotatable bonds is 30. The van der Waals surface area contributed by atoms with Crippen LogP contribution in [0.4, 0.5) is 0 Å². The Kier molecular flexibility index (Phi) is 35.6. The summed E-state index contributed by atoms with van der Waals surface area (Å²) in [4.78, 5) is 20.7. The Hall–Kier alpha value is -1.82. The van der Waals surface area contributed by atoms with Crippen LogP contribution >= 0.6 is 0 Å². The quantitative estimate of drug-likeness (QED) is 0.0284. The van der Waals surface area contributed by atoms with Crippen LogP contribution in [0.1, 0.15) is 187 Å². The van der Waals surface area contributed by atoms with Gasteiger partial charge in [0, 0.05) is 6.42 Å². The number of carboxylic acid groups (broad SMARTS) is 2. The lowest BCUT2D eigenvalue weighted by Gasteiger charge is -2.07. The molecule has 6 nitrogen and oxygen atoms in total. The van der Waals surface area contributed by atoms with Gasteiger partial charge in [0.15, 0.2) is 5.76 Å². The Bertz CT molecular complexity index is 643. The second kappa shape index (κ2) is 35.4. The number of aliphatic carboxylic acids is 2. The number of aliphatic hydroxyl groups excluding tert-OH is 2. The van der Waals surface area contributed by atoms with E-state index in [1.807, 2.05) is 0 Å². The van der Waals surface area contributed by atoms with Crippen molar-refractivity contribution in [3.05, 3.63) is 24.0 Å². The summed E-state index contributed by atoms with van der Waals surface area (Å²) in [6.45, 7) is 4.45. The van der Waals surface area contributed by atoms with Crippen LogP contribution in [0.25, 0.3) is 0 Å². The monoisotopic (exact) mass is 597 g/mol. The molecule has 0 spiro atoms. The Morgan fingerprint density at radius 1 is 0.548 bits per heavy atom. The van der Waals surface area contributed by atoms with Gasteiger partial charge < -0.3 is 20.4 Å². The van der Waals surface area contributed by atoms with Crippen LogP contribution in [0.5, 0.6) is 0 Å². The third kappa shape index (κ3) is 38.2. The molecule has 0 aliphatic rings. The average molecular weight is 597 g/mol. The van der Waals surface area contributed by atoms with Crippen LogP contribution in [0.3, 0.4) is 0 Å². The van der Waals surface area contributed by atoms with Gasteiger partial charge in [0.2, 0.25) is 0 Å². The van der Waals surface area contributed by atoms with Crippen molar-refractivity contribution in [3.8, 4) is 0 Å². The van der Waals surface area contributed by atoms with Gasteiger partial charge in [-0.2, -0.15) is 0 Å².